The number of hydrogen-bond donors (Lipinski definition) is 1. The van der Waals surface area contributed by atoms with Crippen LogP contribution < -0.4 is 5.73 Å². The van der Waals surface area contributed by atoms with E-state index in [-0.39, 0.29) is 6.10 Å². The molecular formula is C10H22N2O. The third-order valence-corrected chi connectivity index (χ3v) is 2.97. The van der Waals surface area contributed by atoms with Crippen molar-refractivity contribution in [2.75, 3.05) is 26.2 Å². The topological polar surface area (TPSA) is 38.5 Å². The van der Waals surface area contributed by atoms with Crippen molar-refractivity contribution in [2.45, 2.75) is 32.9 Å². The molecule has 0 aromatic rings. The normalized spacial score (nSPS) is 27.9. The number of morpholine rings is 1. The maximum atomic E-state index is 5.59. The molecule has 0 radical (unpaired) electrons. The predicted molar refractivity (Wildman–Crippen MR) is 54.7 cm³/mol. The minimum atomic E-state index is 0.245. The summed E-state index contributed by atoms with van der Waals surface area (Å²) < 4.78 is 5.52. The van der Waals surface area contributed by atoms with Crippen LogP contribution in [0.15, 0.2) is 0 Å². The van der Waals surface area contributed by atoms with Gasteiger partial charge < -0.3 is 10.5 Å². The Morgan fingerprint density at radius 3 is 2.69 bits per heavy atom. The second-order valence-corrected chi connectivity index (χ2v) is 4.21. The van der Waals surface area contributed by atoms with Gasteiger partial charge in [0.2, 0.25) is 0 Å². The molecule has 13 heavy (non-hydrogen) atoms. The lowest BCUT2D eigenvalue weighted by molar-refractivity contribution is -0.0420. The summed E-state index contributed by atoms with van der Waals surface area (Å²) in [6.07, 6.45) is 0.245. The van der Waals surface area contributed by atoms with Crippen LogP contribution in [0.2, 0.25) is 0 Å². The van der Waals surface area contributed by atoms with Gasteiger partial charge in [-0.2, -0.15) is 0 Å². The van der Waals surface area contributed by atoms with Gasteiger partial charge in [-0.25, -0.2) is 0 Å². The largest absolute Gasteiger partial charge is 0.374 e. The van der Waals surface area contributed by atoms with Gasteiger partial charge in [0.1, 0.15) is 0 Å². The summed E-state index contributed by atoms with van der Waals surface area (Å²) in [5, 5.41) is 0. The molecule has 0 aromatic heterocycles. The summed E-state index contributed by atoms with van der Waals surface area (Å²) >= 11 is 0. The van der Waals surface area contributed by atoms with Gasteiger partial charge in [-0.05, 0) is 12.8 Å². The standard InChI is InChI=1S/C10H22N2O/c1-8(2)9(3)12-4-5-13-10(6-11)7-12/h8-10H,4-7,11H2,1-3H3. The Bertz CT molecular complexity index is 150. The molecule has 0 spiro atoms. The van der Waals surface area contributed by atoms with Gasteiger partial charge in [-0.15, -0.1) is 0 Å². The molecule has 0 saturated carbocycles. The number of nitrogens with zero attached hydrogens (tertiary/aromatic N) is 1. The fourth-order valence-electron chi connectivity index (χ4n) is 1.68. The molecule has 0 amide bonds. The van der Waals surface area contributed by atoms with Gasteiger partial charge in [-0.1, -0.05) is 13.8 Å². The van der Waals surface area contributed by atoms with E-state index in [0.717, 1.165) is 19.7 Å². The molecule has 0 aliphatic carbocycles. The highest BCUT2D eigenvalue weighted by molar-refractivity contribution is 4.77. The van der Waals surface area contributed by atoms with E-state index >= 15 is 0 Å². The second kappa shape index (κ2) is 4.94. The number of hydrogen-bond acceptors (Lipinski definition) is 3. The first-order valence-corrected chi connectivity index (χ1v) is 5.21. The molecule has 1 aliphatic heterocycles. The van der Waals surface area contributed by atoms with Crippen molar-refractivity contribution in [3.63, 3.8) is 0 Å². The maximum Gasteiger partial charge on any atom is 0.0824 e. The van der Waals surface area contributed by atoms with Crippen LogP contribution in [0.25, 0.3) is 0 Å². The third-order valence-electron chi connectivity index (χ3n) is 2.97. The summed E-state index contributed by atoms with van der Waals surface area (Å²) in [5.41, 5.74) is 5.59. The summed E-state index contributed by atoms with van der Waals surface area (Å²) in [6, 6.07) is 0.637. The first-order valence-electron chi connectivity index (χ1n) is 5.21. The van der Waals surface area contributed by atoms with E-state index in [1.54, 1.807) is 0 Å². The van der Waals surface area contributed by atoms with Gasteiger partial charge in [0.25, 0.3) is 0 Å². The first kappa shape index (κ1) is 11.0. The van der Waals surface area contributed by atoms with Crippen molar-refractivity contribution in [1.29, 1.82) is 0 Å². The molecule has 0 bridgehead atoms. The van der Waals surface area contributed by atoms with Gasteiger partial charge in [0, 0.05) is 25.7 Å². The zero-order chi connectivity index (χ0) is 9.84. The van der Waals surface area contributed by atoms with Crippen LogP contribution in [-0.2, 0) is 4.74 Å². The SMILES string of the molecule is CC(C)C(C)N1CCOC(CN)C1. The Balaban J connectivity index is 2.41. The average molecular weight is 186 g/mol. The Kier molecular flexibility index (Phi) is 4.16. The van der Waals surface area contributed by atoms with E-state index in [2.05, 4.69) is 25.7 Å². The molecule has 2 N–H and O–H groups in total. The van der Waals surface area contributed by atoms with E-state index in [4.69, 9.17) is 10.5 Å². The summed E-state index contributed by atoms with van der Waals surface area (Å²) in [4.78, 5) is 2.48. The predicted octanol–water partition coefficient (Wildman–Crippen LogP) is 0.690. The van der Waals surface area contributed by atoms with Crippen molar-refractivity contribution < 1.29 is 4.74 Å². The van der Waals surface area contributed by atoms with Crippen LogP contribution in [-0.4, -0.2) is 43.3 Å². The van der Waals surface area contributed by atoms with E-state index in [0.29, 0.717) is 18.5 Å². The Hall–Kier alpha value is -0.120. The summed E-state index contributed by atoms with van der Waals surface area (Å²) in [7, 11) is 0. The average Bonchev–Trinajstić information content (AvgIpc) is 2.16. The maximum absolute atomic E-state index is 5.59. The molecule has 2 atom stereocenters. The minimum absolute atomic E-state index is 0.245. The molecule has 1 heterocycles. The first-order chi connectivity index (χ1) is 6.15. The quantitative estimate of drug-likeness (QED) is 0.705. The molecule has 3 heteroatoms. The molecule has 78 valence electrons. The summed E-state index contributed by atoms with van der Waals surface area (Å²) in [5.74, 6) is 0.705. The molecule has 1 rings (SSSR count). The van der Waals surface area contributed by atoms with Crippen molar-refractivity contribution in [3.05, 3.63) is 0 Å². The lowest BCUT2D eigenvalue weighted by atomic mass is 10.0. The van der Waals surface area contributed by atoms with Crippen LogP contribution in [0.4, 0.5) is 0 Å². The van der Waals surface area contributed by atoms with Gasteiger partial charge >= 0.3 is 0 Å². The van der Waals surface area contributed by atoms with Crippen LogP contribution in [0.3, 0.4) is 0 Å². The van der Waals surface area contributed by atoms with Crippen molar-refractivity contribution in [3.8, 4) is 0 Å². The van der Waals surface area contributed by atoms with Gasteiger partial charge in [0.15, 0.2) is 0 Å². The Labute approximate surface area is 81.2 Å². The van der Waals surface area contributed by atoms with Crippen LogP contribution in [0.5, 0.6) is 0 Å². The number of ether oxygens (including phenoxy) is 1. The molecule has 1 aliphatic rings. The molecule has 1 saturated heterocycles. The molecule has 0 aromatic carbocycles. The molecule has 2 unspecified atom stereocenters. The van der Waals surface area contributed by atoms with E-state index in [1.165, 1.54) is 0 Å². The van der Waals surface area contributed by atoms with Crippen molar-refractivity contribution in [1.82, 2.24) is 4.90 Å². The Morgan fingerprint density at radius 1 is 1.46 bits per heavy atom. The van der Waals surface area contributed by atoms with E-state index < -0.39 is 0 Å². The van der Waals surface area contributed by atoms with Crippen LogP contribution in [0.1, 0.15) is 20.8 Å². The lowest BCUT2D eigenvalue weighted by Gasteiger charge is -2.38. The second-order valence-electron chi connectivity index (χ2n) is 4.21. The fourth-order valence-corrected chi connectivity index (χ4v) is 1.68. The highest BCUT2D eigenvalue weighted by Crippen LogP contribution is 2.14. The highest BCUT2D eigenvalue weighted by Gasteiger charge is 2.24. The monoisotopic (exact) mass is 186 g/mol. The number of rotatable bonds is 3. The molecule has 3 nitrogen and oxygen atoms in total. The zero-order valence-corrected chi connectivity index (χ0v) is 8.99. The molecule has 1 fully saturated rings. The van der Waals surface area contributed by atoms with Crippen molar-refractivity contribution >= 4 is 0 Å². The Morgan fingerprint density at radius 2 is 2.15 bits per heavy atom. The minimum Gasteiger partial charge on any atom is -0.374 e. The zero-order valence-electron chi connectivity index (χ0n) is 8.99. The highest BCUT2D eigenvalue weighted by atomic mass is 16.5. The third kappa shape index (κ3) is 2.93. The van der Waals surface area contributed by atoms with Gasteiger partial charge in [-0.3, -0.25) is 4.90 Å². The number of nitrogens with two attached hydrogens (primary N) is 1. The fraction of sp³-hybridized carbons (Fsp3) is 1.00. The molecular weight excluding hydrogens is 164 g/mol. The smallest absolute Gasteiger partial charge is 0.0824 e. The van der Waals surface area contributed by atoms with Gasteiger partial charge in [0.05, 0.1) is 12.7 Å². The lowest BCUT2D eigenvalue weighted by Crippen LogP contribution is -2.50. The van der Waals surface area contributed by atoms with E-state index in [9.17, 15) is 0 Å². The van der Waals surface area contributed by atoms with Crippen molar-refractivity contribution in [2.24, 2.45) is 11.7 Å². The van der Waals surface area contributed by atoms with E-state index in [1.807, 2.05) is 0 Å². The summed E-state index contributed by atoms with van der Waals surface area (Å²) in [6.45, 7) is 10.3. The van der Waals surface area contributed by atoms with Crippen LogP contribution in [0, 0.1) is 5.92 Å². The van der Waals surface area contributed by atoms with Crippen LogP contribution >= 0.6 is 0 Å².